The number of carbonyl (C=O) groups excluding carboxylic acids is 1. The second-order valence-corrected chi connectivity index (χ2v) is 7.63. The first-order chi connectivity index (χ1) is 15.4. The molecule has 0 saturated heterocycles. The third-order valence-electron chi connectivity index (χ3n) is 4.76. The molecule has 4 rings (SSSR count). The van der Waals surface area contributed by atoms with Crippen LogP contribution in [-0.4, -0.2) is 27.2 Å². The van der Waals surface area contributed by atoms with Gasteiger partial charge in [0.2, 0.25) is 0 Å². The van der Waals surface area contributed by atoms with Crippen molar-refractivity contribution >= 4 is 29.2 Å². The highest BCUT2D eigenvalue weighted by molar-refractivity contribution is 6.31. The second-order valence-electron chi connectivity index (χ2n) is 6.79. The fraction of sp³-hybridized carbons (Fsp3) is 0.0833. The Morgan fingerprint density at radius 1 is 1.09 bits per heavy atom. The Balaban J connectivity index is 2.17. The van der Waals surface area contributed by atoms with E-state index in [-0.39, 0.29) is 45.8 Å². The monoisotopic (exact) mass is 470 g/mol. The third kappa shape index (κ3) is 3.95. The van der Waals surface area contributed by atoms with E-state index in [1.165, 1.54) is 34.9 Å². The Bertz CT molecular complexity index is 1310. The normalized spacial score (nSPS) is 10.9. The summed E-state index contributed by atoms with van der Waals surface area (Å²) in [5.41, 5.74) is 0.889. The summed E-state index contributed by atoms with van der Waals surface area (Å²) in [5, 5.41) is 10.8. The largest absolute Gasteiger partial charge is 0.507 e. The summed E-state index contributed by atoms with van der Waals surface area (Å²) in [4.78, 5) is 17.4. The summed E-state index contributed by atoms with van der Waals surface area (Å²) >= 11 is 12.3. The van der Waals surface area contributed by atoms with Gasteiger partial charge in [-0.25, -0.2) is 14.2 Å². The number of ether oxygens (including phenoxy) is 1. The van der Waals surface area contributed by atoms with Gasteiger partial charge >= 0.3 is 5.97 Å². The molecule has 0 unspecified atom stereocenters. The number of aromatic hydroxyl groups is 1. The van der Waals surface area contributed by atoms with Crippen molar-refractivity contribution in [2.45, 2.75) is 6.92 Å². The lowest BCUT2D eigenvalue weighted by molar-refractivity contribution is 0.0521. The molecule has 32 heavy (non-hydrogen) atoms. The molecule has 4 aromatic rings. The molecule has 0 aliphatic carbocycles. The van der Waals surface area contributed by atoms with Crippen LogP contribution < -0.4 is 0 Å². The van der Waals surface area contributed by atoms with Gasteiger partial charge in [0.25, 0.3) is 0 Å². The molecular formula is C24H17Cl2FN2O3. The van der Waals surface area contributed by atoms with Gasteiger partial charge in [-0.15, -0.1) is 0 Å². The zero-order valence-corrected chi connectivity index (χ0v) is 18.4. The maximum Gasteiger partial charge on any atom is 0.359 e. The van der Waals surface area contributed by atoms with E-state index in [0.29, 0.717) is 10.6 Å². The third-order valence-corrected chi connectivity index (χ3v) is 5.29. The first-order valence-corrected chi connectivity index (χ1v) is 10.5. The van der Waals surface area contributed by atoms with Gasteiger partial charge in [-0.3, -0.25) is 4.57 Å². The van der Waals surface area contributed by atoms with E-state index in [9.17, 15) is 9.90 Å². The van der Waals surface area contributed by atoms with E-state index in [2.05, 4.69) is 4.98 Å². The number of hydrogen-bond acceptors (Lipinski definition) is 4. The van der Waals surface area contributed by atoms with E-state index in [1.807, 2.05) is 6.07 Å². The summed E-state index contributed by atoms with van der Waals surface area (Å²) in [7, 11) is 0. The molecule has 3 aromatic carbocycles. The van der Waals surface area contributed by atoms with Gasteiger partial charge in [-0.05, 0) is 37.3 Å². The molecule has 0 fully saturated rings. The smallest absolute Gasteiger partial charge is 0.359 e. The molecule has 1 aromatic heterocycles. The van der Waals surface area contributed by atoms with Crippen molar-refractivity contribution < 1.29 is 19.0 Å². The van der Waals surface area contributed by atoms with Crippen LogP contribution in [0.15, 0.2) is 66.7 Å². The number of benzene rings is 3. The molecule has 0 aliphatic rings. The Labute approximate surface area is 193 Å². The maximum atomic E-state index is 15.2. The van der Waals surface area contributed by atoms with Crippen LogP contribution >= 0.6 is 23.2 Å². The predicted octanol–water partition coefficient (Wildman–Crippen LogP) is 6.53. The molecule has 1 N–H and O–H groups in total. The molecule has 0 aliphatic heterocycles. The molecule has 0 saturated carbocycles. The predicted molar refractivity (Wildman–Crippen MR) is 122 cm³/mol. The SMILES string of the molecule is CCOC(=O)c1nc(-c2ccccc2)n(-c2cccc(Cl)c2F)c1-c1cc(Cl)ccc1O. The highest BCUT2D eigenvalue weighted by Gasteiger charge is 2.29. The van der Waals surface area contributed by atoms with Gasteiger partial charge in [0.15, 0.2) is 11.5 Å². The minimum Gasteiger partial charge on any atom is -0.507 e. The molecule has 0 spiro atoms. The van der Waals surface area contributed by atoms with Gasteiger partial charge in [-0.2, -0.15) is 0 Å². The van der Waals surface area contributed by atoms with E-state index in [0.717, 1.165) is 0 Å². The van der Waals surface area contributed by atoms with Crippen molar-refractivity contribution in [2.24, 2.45) is 0 Å². The molecule has 8 heteroatoms. The van der Waals surface area contributed by atoms with Crippen LogP contribution in [0.4, 0.5) is 4.39 Å². The van der Waals surface area contributed by atoms with Gasteiger partial charge in [-0.1, -0.05) is 59.6 Å². The average molecular weight is 471 g/mol. The minimum atomic E-state index is -0.722. The van der Waals surface area contributed by atoms with E-state index >= 15 is 4.39 Å². The Morgan fingerprint density at radius 3 is 2.56 bits per heavy atom. The van der Waals surface area contributed by atoms with Crippen LogP contribution in [0.3, 0.4) is 0 Å². The highest BCUT2D eigenvalue weighted by Crippen LogP contribution is 2.40. The van der Waals surface area contributed by atoms with Crippen molar-refractivity contribution in [2.75, 3.05) is 6.61 Å². The minimum absolute atomic E-state index is 0.0498. The number of halogens is 3. The second kappa shape index (κ2) is 9.02. The van der Waals surface area contributed by atoms with Crippen molar-refractivity contribution in [1.29, 1.82) is 0 Å². The number of rotatable bonds is 5. The van der Waals surface area contributed by atoms with Crippen LogP contribution in [0.5, 0.6) is 5.75 Å². The summed E-state index contributed by atoms with van der Waals surface area (Å²) in [5.74, 6) is -1.32. The fourth-order valence-electron chi connectivity index (χ4n) is 3.39. The summed E-state index contributed by atoms with van der Waals surface area (Å²) in [6, 6.07) is 17.8. The lowest BCUT2D eigenvalue weighted by Gasteiger charge is -2.15. The van der Waals surface area contributed by atoms with E-state index in [4.69, 9.17) is 27.9 Å². The number of esters is 1. The molecule has 0 amide bonds. The van der Waals surface area contributed by atoms with Gasteiger partial charge in [0.05, 0.1) is 23.0 Å². The first-order valence-electron chi connectivity index (χ1n) is 9.71. The molecule has 162 valence electrons. The molecule has 5 nitrogen and oxygen atoms in total. The quantitative estimate of drug-likeness (QED) is 0.336. The number of hydrogen-bond donors (Lipinski definition) is 1. The van der Waals surface area contributed by atoms with E-state index < -0.39 is 11.8 Å². The Morgan fingerprint density at radius 2 is 1.84 bits per heavy atom. The Hall–Kier alpha value is -3.35. The maximum absolute atomic E-state index is 15.2. The summed E-state index contributed by atoms with van der Waals surface area (Å²) in [6.45, 7) is 1.78. The van der Waals surface area contributed by atoms with Crippen molar-refractivity contribution in [1.82, 2.24) is 9.55 Å². The molecule has 0 radical (unpaired) electrons. The van der Waals surface area contributed by atoms with Crippen LogP contribution in [0, 0.1) is 5.82 Å². The van der Waals surface area contributed by atoms with Gasteiger partial charge in [0.1, 0.15) is 11.6 Å². The fourth-order valence-corrected chi connectivity index (χ4v) is 3.73. The molecule has 1 heterocycles. The zero-order chi connectivity index (χ0) is 22.8. The lowest BCUT2D eigenvalue weighted by atomic mass is 10.1. The van der Waals surface area contributed by atoms with Crippen molar-refractivity contribution in [3.8, 4) is 34.1 Å². The number of carbonyl (C=O) groups is 1. The zero-order valence-electron chi connectivity index (χ0n) is 16.8. The first kappa shape index (κ1) is 21.9. The van der Waals surface area contributed by atoms with Crippen LogP contribution in [-0.2, 0) is 4.74 Å². The van der Waals surface area contributed by atoms with Crippen LogP contribution in [0.25, 0.3) is 28.3 Å². The van der Waals surface area contributed by atoms with Crippen molar-refractivity contribution in [3.63, 3.8) is 0 Å². The topological polar surface area (TPSA) is 64.3 Å². The Kier molecular flexibility index (Phi) is 6.17. The number of phenolic OH excluding ortho intramolecular Hbond substituents is 1. The molecular weight excluding hydrogens is 454 g/mol. The number of aromatic nitrogens is 2. The molecule has 0 atom stereocenters. The van der Waals surface area contributed by atoms with Crippen molar-refractivity contribution in [3.05, 3.63) is 88.3 Å². The van der Waals surface area contributed by atoms with Crippen LogP contribution in [0.2, 0.25) is 10.0 Å². The summed E-state index contributed by atoms with van der Waals surface area (Å²) < 4.78 is 21.9. The van der Waals surface area contributed by atoms with Gasteiger partial charge in [0, 0.05) is 16.1 Å². The standard InChI is InChI=1S/C24H17Cl2FN2O3/c1-2-32-24(31)21-22(16-13-15(25)11-12-19(16)30)29(18-10-6-9-17(26)20(18)27)23(28-21)14-7-4-3-5-8-14/h3-13,30H,2H2,1H3. The van der Waals surface area contributed by atoms with Crippen LogP contribution in [0.1, 0.15) is 17.4 Å². The average Bonchev–Trinajstić information content (AvgIpc) is 3.18. The number of nitrogens with zero attached hydrogens (tertiary/aromatic N) is 2. The summed E-state index contributed by atoms with van der Waals surface area (Å²) in [6.07, 6.45) is 0. The highest BCUT2D eigenvalue weighted by atomic mass is 35.5. The lowest BCUT2D eigenvalue weighted by Crippen LogP contribution is -2.08. The van der Waals surface area contributed by atoms with E-state index in [1.54, 1.807) is 37.3 Å². The number of phenols is 1. The molecule has 0 bridgehead atoms. The number of imidazole rings is 1. The van der Waals surface area contributed by atoms with Gasteiger partial charge < -0.3 is 9.84 Å².